The van der Waals surface area contributed by atoms with E-state index < -0.39 is 24.4 Å². The van der Waals surface area contributed by atoms with Gasteiger partial charge in [0.2, 0.25) is 0 Å². The lowest BCUT2D eigenvalue weighted by atomic mass is 10.3. The van der Waals surface area contributed by atoms with Crippen LogP contribution in [0.25, 0.3) is 0 Å². The summed E-state index contributed by atoms with van der Waals surface area (Å²) in [6, 6.07) is 6.72. The van der Waals surface area contributed by atoms with E-state index >= 15 is 0 Å². The molecule has 1 saturated heterocycles. The third kappa shape index (κ3) is 6.69. The van der Waals surface area contributed by atoms with Crippen molar-refractivity contribution in [2.24, 2.45) is 13.5 Å². The number of benzene rings is 1. The van der Waals surface area contributed by atoms with Crippen LogP contribution >= 0.6 is 74.8 Å². The molecule has 0 radical (unpaired) electrons. The van der Waals surface area contributed by atoms with Crippen molar-refractivity contribution < 1.29 is 18.7 Å². The molecule has 2 aliphatic heterocycles. The zero-order valence-corrected chi connectivity index (χ0v) is 20.5. The Balaban J connectivity index is 1.65. The molecule has 1 aromatic rings. The van der Waals surface area contributed by atoms with E-state index in [1.54, 1.807) is 24.3 Å². The maximum atomic E-state index is 6.34. The number of nitrogens with zero attached hydrogens (tertiary/aromatic N) is 3. The molecule has 0 aromatic heterocycles. The van der Waals surface area contributed by atoms with Gasteiger partial charge in [-0.1, -0.05) is 0 Å². The molecule has 2 unspecified atom stereocenters. The van der Waals surface area contributed by atoms with Gasteiger partial charge in [-0.25, -0.2) is 0 Å². The standard InChI is InChI=1S/C12H15Cl5N3O4P3/c1-12(2)22-8-11(23-12)7-21-9-3-5-10(6-4-9)24-27(17)19-25(13,14)18-26(15,16)20-27/h3-6,11H,7-8H2,1-2H3. The predicted octanol–water partition coefficient (Wildman–Crippen LogP) is 8.64. The summed E-state index contributed by atoms with van der Waals surface area (Å²) in [5.41, 5.74) is 0. The molecule has 2 aliphatic rings. The lowest BCUT2D eigenvalue weighted by Crippen LogP contribution is -2.25. The zero-order chi connectivity index (χ0) is 19.9. The first-order chi connectivity index (χ1) is 12.4. The Hall–Kier alpha value is 0.880. The lowest BCUT2D eigenvalue weighted by Gasteiger charge is -2.21. The highest BCUT2D eigenvalue weighted by atomic mass is 35.9. The monoisotopic (exact) mass is 533 g/mol. The Labute approximate surface area is 181 Å². The highest BCUT2D eigenvalue weighted by Gasteiger charge is 2.35. The number of ether oxygens (including phenoxy) is 3. The Morgan fingerprint density at radius 3 is 2.15 bits per heavy atom. The SMILES string of the molecule is CC1(C)OCC(COc2ccc(OP3(Cl)=NP(Cl)(Cl)=NP(Cl)(Cl)=N3)cc2)O1. The molecule has 7 nitrogen and oxygen atoms in total. The van der Waals surface area contributed by atoms with Crippen LogP contribution in [0.15, 0.2) is 37.8 Å². The van der Waals surface area contributed by atoms with Gasteiger partial charge in [-0.05, 0) is 94.3 Å². The highest BCUT2D eigenvalue weighted by molar-refractivity contribution is 8.22. The van der Waals surface area contributed by atoms with Gasteiger partial charge in [-0.15, -0.1) is 0 Å². The summed E-state index contributed by atoms with van der Waals surface area (Å²) in [6.45, 7) is 1.28. The van der Waals surface area contributed by atoms with Crippen LogP contribution in [0.5, 0.6) is 11.5 Å². The van der Waals surface area contributed by atoms with Crippen LogP contribution in [-0.2, 0) is 9.47 Å². The zero-order valence-electron chi connectivity index (χ0n) is 14.0. The van der Waals surface area contributed by atoms with Crippen molar-refractivity contribution in [2.75, 3.05) is 13.2 Å². The van der Waals surface area contributed by atoms with Crippen LogP contribution in [0, 0.1) is 0 Å². The predicted molar refractivity (Wildman–Crippen MR) is 115 cm³/mol. The number of halogens is 5. The van der Waals surface area contributed by atoms with Crippen LogP contribution in [0.1, 0.15) is 13.8 Å². The van der Waals surface area contributed by atoms with Crippen molar-refractivity contribution in [3.05, 3.63) is 24.3 Å². The van der Waals surface area contributed by atoms with Crippen molar-refractivity contribution >= 4 is 74.8 Å². The maximum Gasteiger partial charge on any atom is 0.350 e. The summed E-state index contributed by atoms with van der Waals surface area (Å²) in [5.74, 6) is -5.84. The highest BCUT2D eigenvalue weighted by Crippen LogP contribution is 2.86. The average molecular weight is 535 g/mol. The van der Waals surface area contributed by atoms with Crippen LogP contribution < -0.4 is 9.26 Å². The minimum Gasteiger partial charge on any atom is -0.491 e. The second kappa shape index (κ2) is 8.19. The Bertz CT molecular complexity index is 875. The van der Waals surface area contributed by atoms with E-state index in [1.807, 2.05) is 13.8 Å². The fraction of sp³-hybridized carbons (Fsp3) is 0.500. The summed E-state index contributed by atoms with van der Waals surface area (Å²) in [4.78, 5) is 0. The first-order valence-electron chi connectivity index (χ1n) is 7.50. The largest absolute Gasteiger partial charge is 0.491 e. The Morgan fingerprint density at radius 2 is 1.59 bits per heavy atom. The molecule has 2 heterocycles. The molecule has 152 valence electrons. The average Bonchev–Trinajstić information content (AvgIpc) is 2.81. The second-order valence-corrected chi connectivity index (χ2v) is 19.1. The van der Waals surface area contributed by atoms with Gasteiger partial charge in [0.1, 0.15) is 24.2 Å². The van der Waals surface area contributed by atoms with E-state index in [2.05, 4.69) is 13.5 Å². The molecule has 15 heteroatoms. The normalized spacial score (nSPS) is 30.6. The summed E-state index contributed by atoms with van der Waals surface area (Å²) < 4.78 is 34.4. The molecular weight excluding hydrogens is 520 g/mol. The van der Waals surface area contributed by atoms with E-state index in [9.17, 15) is 0 Å². The third-order valence-corrected chi connectivity index (χ3v) is 15.1. The molecule has 0 aliphatic carbocycles. The molecule has 1 aromatic carbocycles. The molecule has 3 rings (SSSR count). The quantitative estimate of drug-likeness (QED) is 0.354. The molecule has 1 fully saturated rings. The van der Waals surface area contributed by atoms with Crippen molar-refractivity contribution in [3.63, 3.8) is 0 Å². The molecule has 0 bridgehead atoms. The first kappa shape index (κ1) is 22.6. The van der Waals surface area contributed by atoms with Gasteiger partial charge in [0.15, 0.2) is 5.79 Å². The van der Waals surface area contributed by atoms with Gasteiger partial charge in [-0.2, -0.15) is 13.5 Å². The van der Waals surface area contributed by atoms with Gasteiger partial charge in [-0.3, -0.25) is 0 Å². The third-order valence-electron chi connectivity index (χ3n) is 3.20. The summed E-state index contributed by atoms with van der Waals surface area (Å²) in [7, 11) is 0. The number of rotatable bonds is 5. The lowest BCUT2D eigenvalue weighted by molar-refractivity contribution is -0.141. The van der Waals surface area contributed by atoms with Crippen LogP contribution in [-0.4, -0.2) is 25.1 Å². The van der Waals surface area contributed by atoms with E-state index in [4.69, 9.17) is 74.9 Å². The van der Waals surface area contributed by atoms with Crippen molar-refractivity contribution in [3.8, 4) is 11.5 Å². The molecular formula is C12H15Cl5N3O4P3. The van der Waals surface area contributed by atoms with Gasteiger partial charge in [0, 0.05) is 0 Å². The number of hydrogen-bond acceptors (Lipinski definition) is 7. The fourth-order valence-electron chi connectivity index (χ4n) is 2.25. The smallest absolute Gasteiger partial charge is 0.350 e. The van der Waals surface area contributed by atoms with Crippen molar-refractivity contribution in [1.29, 1.82) is 0 Å². The van der Waals surface area contributed by atoms with Crippen LogP contribution in [0.4, 0.5) is 0 Å². The van der Waals surface area contributed by atoms with E-state index in [0.29, 0.717) is 24.7 Å². The van der Waals surface area contributed by atoms with Gasteiger partial charge in [0.05, 0.1) is 6.61 Å². The molecule has 0 amide bonds. The molecule has 0 spiro atoms. The maximum absolute atomic E-state index is 6.34. The minimum atomic E-state index is -3.27. The Morgan fingerprint density at radius 1 is 1.00 bits per heavy atom. The van der Waals surface area contributed by atoms with Gasteiger partial charge >= 0.3 is 6.78 Å². The summed E-state index contributed by atoms with van der Waals surface area (Å²) in [5, 5.41) is 0. The van der Waals surface area contributed by atoms with E-state index in [-0.39, 0.29) is 6.10 Å². The molecule has 2 atom stereocenters. The minimum absolute atomic E-state index is 0.134. The molecule has 27 heavy (non-hydrogen) atoms. The van der Waals surface area contributed by atoms with Crippen LogP contribution in [0.2, 0.25) is 0 Å². The molecule has 0 N–H and O–H groups in total. The van der Waals surface area contributed by atoms with E-state index in [1.165, 1.54) is 0 Å². The van der Waals surface area contributed by atoms with E-state index in [0.717, 1.165) is 0 Å². The summed E-state index contributed by atoms with van der Waals surface area (Å²) in [6.07, 6.45) is -0.134. The topological polar surface area (TPSA) is 74.0 Å². The first-order valence-corrected chi connectivity index (χ1v) is 17.0. The van der Waals surface area contributed by atoms with Gasteiger partial charge < -0.3 is 18.7 Å². The van der Waals surface area contributed by atoms with Crippen LogP contribution in [0.3, 0.4) is 0 Å². The van der Waals surface area contributed by atoms with Crippen molar-refractivity contribution in [2.45, 2.75) is 25.7 Å². The Kier molecular flexibility index (Phi) is 6.85. The summed E-state index contributed by atoms with van der Waals surface area (Å²) >= 11 is 30.4. The molecule has 0 saturated carbocycles. The number of hydrogen-bond donors (Lipinski definition) is 0. The fourth-order valence-corrected chi connectivity index (χ4v) is 18.8. The van der Waals surface area contributed by atoms with Gasteiger partial charge in [0.25, 0.3) is 11.8 Å². The second-order valence-electron chi connectivity index (χ2n) is 5.98. The van der Waals surface area contributed by atoms with Crippen molar-refractivity contribution in [1.82, 2.24) is 0 Å².